The van der Waals surface area contributed by atoms with E-state index in [4.69, 9.17) is 0 Å². The molecule has 1 aromatic heterocycles. The lowest BCUT2D eigenvalue weighted by Crippen LogP contribution is -2.46. The van der Waals surface area contributed by atoms with Gasteiger partial charge < -0.3 is 14.4 Å². The van der Waals surface area contributed by atoms with Gasteiger partial charge in [0.25, 0.3) is 5.69 Å². The predicted octanol–water partition coefficient (Wildman–Crippen LogP) is 3.87. The molecule has 1 aromatic carbocycles. The van der Waals surface area contributed by atoms with Crippen molar-refractivity contribution >= 4 is 23.6 Å². The van der Waals surface area contributed by atoms with Crippen molar-refractivity contribution in [3.05, 3.63) is 70.0 Å². The summed E-state index contributed by atoms with van der Waals surface area (Å²) >= 11 is 0. The molecule has 0 saturated heterocycles. The Labute approximate surface area is 189 Å². The molecule has 2 amide bonds. The van der Waals surface area contributed by atoms with Crippen molar-refractivity contribution in [3.8, 4) is 0 Å². The maximum absolute atomic E-state index is 13.1. The lowest BCUT2D eigenvalue weighted by molar-refractivity contribution is -0.384. The third kappa shape index (κ3) is 7.08. The number of amides is 2. The van der Waals surface area contributed by atoms with E-state index in [1.807, 2.05) is 43.8 Å². The Kier molecular flexibility index (Phi) is 8.75. The molecule has 0 spiro atoms. The van der Waals surface area contributed by atoms with Gasteiger partial charge in [-0.15, -0.1) is 0 Å². The lowest BCUT2D eigenvalue weighted by atomic mass is 10.1. The van der Waals surface area contributed by atoms with E-state index in [0.29, 0.717) is 24.6 Å². The number of hydrogen-bond acceptors (Lipinski definition) is 4. The molecule has 8 heteroatoms. The number of non-ortho nitro benzene ring substituents is 1. The van der Waals surface area contributed by atoms with Crippen molar-refractivity contribution in [2.75, 3.05) is 13.1 Å². The van der Waals surface area contributed by atoms with Crippen LogP contribution in [0.4, 0.5) is 5.69 Å². The van der Waals surface area contributed by atoms with Crippen molar-refractivity contribution in [1.82, 2.24) is 14.4 Å². The van der Waals surface area contributed by atoms with Gasteiger partial charge in [-0.05, 0) is 55.7 Å². The largest absolute Gasteiger partial charge is 0.353 e. The van der Waals surface area contributed by atoms with Crippen molar-refractivity contribution in [3.63, 3.8) is 0 Å². The van der Waals surface area contributed by atoms with Crippen LogP contribution in [0.5, 0.6) is 0 Å². The standard InChI is InChI=1S/C24H32N4O4/c1-18(2)15-26(16-22-7-6-14-25(22)5)24(30)17-27(19(3)4)23(29)13-10-20-8-11-21(12-9-20)28(31)32/h6-14,18-19H,15-17H2,1-5H3. The molecule has 2 aromatic rings. The molecule has 0 N–H and O–H groups in total. The minimum absolute atomic E-state index is 0.00801. The number of nitro benzene ring substituents is 1. The topological polar surface area (TPSA) is 88.7 Å². The van der Waals surface area contributed by atoms with Crippen LogP contribution >= 0.6 is 0 Å². The Bertz CT molecular complexity index is 961. The third-order valence-electron chi connectivity index (χ3n) is 5.08. The van der Waals surface area contributed by atoms with E-state index in [9.17, 15) is 19.7 Å². The molecular weight excluding hydrogens is 408 g/mol. The van der Waals surface area contributed by atoms with Crippen molar-refractivity contribution < 1.29 is 14.5 Å². The summed E-state index contributed by atoms with van der Waals surface area (Å²) in [6.07, 6.45) is 4.94. The third-order valence-corrected chi connectivity index (χ3v) is 5.08. The molecule has 0 aliphatic rings. The summed E-state index contributed by atoms with van der Waals surface area (Å²) in [6.45, 7) is 8.93. The summed E-state index contributed by atoms with van der Waals surface area (Å²) < 4.78 is 1.99. The number of nitrogens with zero attached hydrogens (tertiary/aromatic N) is 4. The number of aryl methyl sites for hydroxylation is 1. The Hall–Kier alpha value is -3.42. The Balaban J connectivity index is 2.11. The molecule has 0 atom stereocenters. The molecular formula is C24H32N4O4. The molecule has 1 heterocycles. The number of benzene rings is 1. The summed E-state index contributed by atoms with van der Waals surface area (Å²) in [6, 6.07) is 9.71. The highest BCUT2D eigenvalue weighted by atomic mass is 16.6. The Morgan fingerprint density at radius 1 is 1.12 bits per heavy atom. The zero-order valence-corrected chi connectivity index (χ0v) is 19.4. The highest BCUT2D eigenvalue weighted by Crippen LogP contribution is 2.14. The van der Waals surface area contributed by atoms with Crippen LogP contribution < -0.4 is 0 Å². The van der Waals surface area contributed by atoms with E-state index in [1.165, 1.54) is 23.1 Å². The summed E-state index contributed by atoms with van der Waals surface area (Å²) in [7, 11) is 1.94. The monoisotopic (exact) mass is 440 g/mol. The maximum Gasteiger partial charge on any atom is 0.269 e. The van der Waals surface area contributed by atoms with Gasteiger partial charge >= 0.3 is 0 Å². The fraction of sp³-hybridized carbons (Fsp3) is 0.417. The van der Waals surface area contributed by atoms with Crippen molar-refractivity contribution in [2.24, 2.45) is 13.0 Å². The van der Waals surface area contributed by atoms with Gasteiger partial charge in [0.1, 0.15) is 6.54 Å². The number of aromatic nitrogens is 1. The molecule has 2 rings (SSSR count). The van der Waals surface area contributed by atoms with Gasteiger partial charge in [-0.3, -0.25) is 19.7 Å². The molecule has 0 unspecified atom stereocenters. The second-order valence-electron chi connectivity index (χ2n) is 8.52. The summed E-state index contributed by atoms with van der Waals surface area (Å²) in [5.41, 5.74) is 1.69. The van der Waals surface area contributed by atoms with Gasteiger partial charge in [0.2, 0.25) is 11.8 Å². The second kappa shape index (κ2) is 11.3. The molecule has 0 saturated carbocycles. The fourth-order valence-corrected chi connectivity index (χ4v) is 3.28. The van der Waals surface area contributed by atoms with Crippen LogP contribution in [0.1, 0.15) is 39.0 Å². The second-order valence-corrected chi connectivity index (χ2v) is 8.52. The first-order chi connectivity index (χ1) is 15.1. The van der Waals surface area contributed by atoms with Gasteiger partial charge in [-0.25, -0.2) is 0 Å². The number of nitro groups is 1. The Morgan fingerprint density at radius 2 is 1.78 bits per heavy atom. The first kappa shape index (κ1) is 24.8. The van der Waals surface area contributed by atoms with E-state index in [2.05, 4.69) is 13.8 Å². The van der Waals surface area contributed by atoms with E-state index >= 15 is 0 Å². The molecule has 0 radical (unpaired) electrons. The van der Waals surface area contributed by atoms with E-state index in [-0.39, 0.29) is 30.1 Å². The zero-order chi connectivity index (χ0) is 23.8. The molecule has 0 bridgehead atoms. The number of rotatable bonds is 10. The first-order valence-electron chi connectivity index (χ1n) is 10.7. The van der Waals surface area contributed by atoms with Gasteiger partial charge in [-0.1, -0.05) is 13.8 Å². The van der Waals surface area contributed by atoms with Gasteiger partial charge in [0.15, 0.2) is 0 Å². The van der Waals surface area contributed by atoms with Crippen LogP contribution in [-0.2, 0) is 23.2 Å². The van der Waals surface area contributed by atoms with Crippen LogP contribution in [0.15, 0.2) is 48.7 Å². The predicted molar refractivity (Wildman–Crippen MR) is 125 cm³/mol. The number of hydrogen-bond donors (Lipinski definition) is 0. The SMILES string of the molecule is CC(C)CN(Cc1cccn1C)C(=O)CN(C(=O)C=Cc1ccc([N+](=O)[O-])cc1)C(C)C. The molecule has 0 fully saturated rings. The fourth-order valence-electron chi connectivity index (χ4n) is 3.28. The number of carbonyl (C=O) groups excluding carboxylic acids is 2. The molecule has 32 heavy (non-hydrogen) atoms. The first-order valence-corrected chi connectivity index (χ1v) is 10.7. The molecule has 8 nitrogen and oxygen atoms in total. The summed E-state index contributed by atoms with van der Waals surface area (Å²) in [5, 5.41) is 10.8. The van der Waals surface area contributed by atoms with Gasteiger partial charge in [0.05, 0.1) is 11.5 Å². The maximum atomic E-state index is 13.1. The number of carbonyl (C=O) groups is 2. The van der Waals surface area contributed by atoms with Crippen LogP contribution in [-0.4, -0.2) is 50.2 Å². The quantitative estimate of drug-likeness (QED) is 0.319. The molecule has 0 aliphatic carbocycles. The zero-order valence-electron chi connectivity index (χ0n) is 19.4. The van der Waals surface area contributed by atoms with E-state index < -0.39 is 4.92 Å². The van der Waals surface area contributed by atoms with Crippen LogP contribution in [0.2, 0.25) is 0 Å². The van der Waals surface area contributed by atoms with Gasteiger partial charge in [-0.2, -0.15) is 0 Å². The van der Waals surface area contributed by atoms with Crippen LogP contribution in [0, 0.1) is 16.0 Å². The van der Waals surface area contributed by atoms with Crippen LogP contribution in [0.25, 0.3) is 6.08 Å². The lowest BCUT2D eigenvalue weighted by Gasteiger charge is -2.30. The average Bonchev–Trinajstić information content (AvgIpc) is 3.13. The summed E-state index contributed by atoms with van der Waals surface area (Å²) in [4.78, 5) is 39.6. The highest BCUT2D eigenvalue weighted by molar-refractivity contribution is 5.94. The van der Waals surface area contributed by atoms with Crippen LogP contribution in [0.3, 0.4) is 0 Å². The Morgan fingerprint density at radius 3 is 2.28 bits per heavy atom. The minimum Gasteiger partial charge on any atom is -0.353 e. The highest BCUT2D eigenvalue weighted by Gasteiger charge is 2.23. The van der Waals surface area contributed by atoms with Crippen molar-refractivity contribution in [1.29, 1.82) is 0 Å². The van der Waals surface area contributed by atoms with Crippen molar-refractivity contribution in [2.45, 2.75) is 40.3 Å². The van der Waals surface area contributed by atoms with E-state index in [0.717, 1.165) is 5.69 Å². The van der Waals surface area contributed by atoms with Gasteiger partial charge in [0, 0.05) is 49.7 Å². The summed E-state index contributed by atoms with van der Waals surface area (Å²) in [5.74, 6) is -0.0924. The average molecular weight is 441 g/mol. The smallest absolute Gasteiger partial charge is 0.269 e. The minimum atomic E-state index is -0.469. The van der Waals surface area contributed by atoms with E-state index in [1.54, 1.807) is 23.1 Å². The molecule has 0 aliphatic heterocycles. The molecule has 172 valence electrons. The normalized spacial score (nSPS) is 11.3.